The topological polar surface area (TPSA) is 32.3 Å². The Morgan fingerprint density at radius 2 is 1.89 bits per heavy atom. The van der Waals surface area contributed by atoms with E-state index in [0.717, 1.165) is 18.7 Å². The summed E-state index contributed by atoms with van der Waals surface area (Å²) in [6.07, 6.45) is 2.99. The van der Waals surface area contributed by atoms with Crippen molar-refractivity contribution < 1.29 is 9.18 Å². The smallest absolute Gasteiger partial charge is 0.250 e. The fourth-order valence-electron chi connectivity index (χ4n) is 1.48. The van der Waals surface area contributed by atoms with Crippen LogP contribution in [0, 0.1) is 5.82 Å². The lowest BCUT2D eigenvalue weighted by Gasteiger charge is -2.21. The molecule has 0 fully saturated rings. The highest BCUT2D eigenvalue weighted by Crippen LogP contribution is 2.04. The number of carbonyl (C=O) groups is 1. The molecular formula is C14H17FN2OS. The van der Waals surface area contributed by atoms with E-state index >= 15 is 0 Å². The summed E-state index contributed by atoms with van der Waals surface area (Å²) in [6.45, 7) is 5.43. The lowest BCUT2D eigenvalue weighted by molar-refractivity contribution is -0.115. The predicted molar refractivity (Wildman–Crippen MR) is 79.1 cm³/mol. The first-order valence-corrected chi connectivity index (χ1v) is 6.51. The third-order valence-electron chi connectivity index (χ3n) is 2.58. The van der Waals surface area contributed by atoms with Crippen LogP contribution in [0.3, 0.4) is 0 Å². The van der Waals surface area contributed by atoms with Crippen LogP contribution < -0.4 is 5.32 Å². The number of benzene rings is 1. The summed E-state index contributed by atoms with van der Waals surface area (Å²) < 4.78 is 12.7. The molecule has 1 aromatic carbocycles. The van der Waals surface area contributed by atoms with Crippen molar-refractivity contribution in [1.29, 1.82) is 0 Å². The average molecular weight is 280 g/mol. The Bertz CT molecular complexity index is 467. The van der Waals surface area contributed by atoms with Crippen molar-refractivity contribution in [2.24, 2.45) is 0 Å². The number of carbonyl (C=O) groups excluding carboxylic acids is 1. The molecule has 0 unspecified atom stereocenters. The minimum atomic E-state index is -0.302. The van der Waals surface area contributed by atoms with Crippen LogP contribution in [0.25, 0.3) is 6.08 Å². The van der Waals surface area contributed by atoms with E-state index in [9.17, 15) is 9.18 Å². The first-order chi connectivity index (χ1) is 9.06. The van der Waals surface area contributed by atoms with E-state index in [4.69, 9.17) is 12.2 Å². The molecule has 1 amide bonds. The van der Waals surface area contributed by atoms with Crippen molar-refractivity contribution in [3.8, 4) is 0 Å². The summed E-state index contributed by atoms with van der Waals surface area (Å²) in [4.78, 5) is 13.5. The van der Waals surface area contributed by atoms with Gasteiger partial charge in [0.1, 0.15) is 5.82 Å². The Morgan fingerprint density at radius 3 is 2.42 bits per heavy atom. The molecular weight excluding hydrogens is 263 g/mol. The van der Waals surface area contributed by atoms with Crippen molar-refractivity contribution in [2.45, 2.75) is 13.8 Å². The molecule has 0 spiro atoms. The van der Waals surface area contributed by atoms with Crippen LogP contribution in [0.4, 0.5) is 4.39 Å². The van der Waals surface area contributed by atoms with Crippen molar-refractivity contribution >= 4 is 29.3 Å². The Balaban J connectivity index is 2.55. The normalized spacial score (nSPS) is 10.5. The minimum Gasteiger partial charge on any atom is -0.350 e. The maximum atomic E-state index is 12.7. The Labute approximate surface area is 118 Å². The van der Waals surface area contributed by atoms with Crippen molar-refractivity contribution in [2.75, 3.05) is 13.1 Å². The van der Waals surface area contributed by atoms with Gasteiger partial charge in [-0.15, -0.1) is 0 Å². The predicted octanol–water partition coefficient (Wildman–Crippen LogP) is 2.58. The molecule has 0 bridgehead atoms. The second-order valence-electron chi connectivity index (χ2n) is 3.85. The molecule has 0 atom stereocenters. The highest BCUT2D eigenvalue weighted by Gasteiger charge is 2.06. The summed E-state index contributed by atoms with van der Waals surface area (Å²) in [6, 6.07) is 5.89. The SMILES string of the molecule is CCN(CC)C(=S)NC(=O)C=Cc1ccc(F)cc1. The van der Waals surface area contributed by atoms with E-state index in [0.29, 0.717) is 5.11 Å². The first-order valence-electron chi connectivity index (χ1n) is 6.10. The fourth-order valence-corrected chi connectivity index (χ4v) is 1.84. The number of hydrogen-bond acceptors (Lipinski definition) is 2. The number of nitrogens with one attached hydrogen (secondary N) is 1. The van der Waals surface area contributed by atoms with Gasteiger partial charge in [-0.3, -0.25) is 10.1 Å². The quantitative estimate of drug-likeness (QED) is 0.679. The molecule has 1 rings (SSSR count). The van der Waals surface area contributed by atoms with Gasteiger partial charge in [0.15, 0.2) is 5.11 Å². The van der Waals surface area contributed by atoms with Gasteiger partial charge in [-0.25, -0.2) is 4.39 Å². The van der Waals surface area contributed by atoms with Gasteiger partial charge in [-0.1, -0.05) is 12.1 Å². The molecule has 0 aliphatic rings. The lowest BCUT2D eigenvalue weighted by Crippen LogP contribution is -2.41. The zero-order valence-electron chi connectivity index (χ0n) is 11.0. The van der Waals surface area contributed by atoms with Gasteiger partial charge < -0.3 is 4.90 Å². The molecule has 0 saturated carbocycles. The number of nitrogens with zero attached hydrogens (tertiary/aromatic N) is 1. The highest BCUT2D eigenvalue weighted by atomic mass is 32.1. The van der Waals surface area contributed by atoms with Gasteiger partial charge >= 0.3 is 0 Å². The Hall–Kier alpha value is -1.75. The highest BCUT2D eigenvalue weighted by molar-refractivity contribution is 7.80. The van der Waals surface area contributed by atoms with Gasteiger partial charge in [-0.2, -0.15) is 0 Å². The third kappa shape index (κ3) is 5.18. The maximum absolute atomic E-state index is 12.7. The molecule has 19 heavy (non-hydrogen) atoms. The first kappa shape index (κ1) is 15.3. The van der Waals surface area contributed by atoms with Crippen molar-refractivity contribution in [1.82, 2.24) is 10.2 Å². The molecule has 0 heterocycles. The van der Waals surface area contributed by atoms with Crippen molar-refractivity contribution in [3.05, 3.63) is 41.7 Å². The van der Waals surface area contributed by atoms with Crippen LogP contribution in [0.1, 0.15) is 19.4 Å². The van der Waals surface area contributed by atoms with Gasteiger partial charge in [0, 0.05) is 19.2 Å². The second-order valence-corrected chi connectivity index (χ2v) is 4.24. The van der Waals surface area contributed by atoms with Gasteiger partial charge in [0.25, 0.3) is 0 Å². The zero-order valence-corrected chi connectivity index (χ0v) is 11.8. The molecule has 102 valence electrons. The van der Waals surface area contributed by atoms with Crippen molar-refractivity contribution in [3.63, 3.8) is 0 Å². The van der Waals surface area contributed by atoms with Crippen LogP contribution >= 0.6 is 12.2 Å². The largest absolute Gasteiger partial charge is 0.350 e. The Morgan fingerprint density at radius 1 is 1.32 bits per heavy atom. The fraction of sp³-hybridized carbons (Fsp3) is 0.286. The molecule has 0 aromatic heterocycles. The monoisotopic (exact) mass is 280 g/mol. The van der Waals surface area contributed by atoms with Crippen LogP contribution in [0.5, 0.6) is 0 Å². The molecule has 0 aliphatic carbocycles. The maximum Gasteiger partial charge on any atom is 0.250 e. The van der Waals surface area contributed by atoms with E-state index in [-0.39, 0.29) is 11.7 Å². The number of thiocarbonyl (C=S) groups is 1. The standard InChI is InChI=1S/C14H17FN2OS/c1-3-17(4-2)14(19)16-13(18)10-7-11-5-8-12(15)9-6-11/h5-10H,3-4H2,1-2H3,(H,16,18,19). The van der Waals surface area contributed by atoms with E-state index in [2.05, 4.69) is 5.32 Å². The van der Waals surface area contributed by atoms with E-state index in [1.165, 1.54) is 18.2 Å². The molecule has 5 heteroatoms. The number of halogens is 1. The lowest BCUT2D eigenvalue weighted by atomic mass is 10.2. The van der Waals surface area contributed by atoms with E-state index in [1.54, 1.807) is 18.2 Å². The zero-order chi connectivity index (χ0) is 14.3. The summed E-state index contributed by atoms with van der Waals surface area (Å²) in [5.41, 5.74) is 0.755. The molecule has 1 N–H and O–H groups in total. The van der Waals surface area contributed by atoms with Crippen LogP contribution in [0.15, 0.2) is 30.3 Å². The summed E-state index contributed by atoms with van der Waals surface area (Å²) in [5.74, 6) is -0.592. The molecule has 0 aliphatic heterocycles. The Kier molecular flexibility index (Phi) is 6.15. The van der Waals surface area contributed by atoms with Gasteiger partial charge in [0.2, 0.25) is 5.91 Å². The summed E-state index contributed by atoms with van der Waals surface area (Å²) >= 11 is 5.11. The van der Waals surface area contributed by atoms with Crippen LogP contribution in [-0.4, -0.2) is 29.0 Å². The van der Waals surface area contributed by atoms with E-state index in [1.807, 2.05) is 18.7 Å². The number of amides is 1. The van der Waals surface area contributed by atoms with Crippen LogP contribution in [0.2, 0.25) is 0 Å². The molecule has 0 radical (unpaired) electrons. The van der Waals surface area contributed by atoms with Crippen LogP contribution in [-0.2, 0) is 4.79 Å². The molecule has 0 saturated heterocycles. The second kappa shape index (κ2) is 7.63. The minimum absolute atomic E-state index is 0.291. The van der Waals surface area contributed by atoms with Gasteiger partial charge in [0.05, 0.1) is 0 Å². The molecule has 3 nitrogen and oxygen atoms in total. The average Bonchev–Trinajstić information content (AvgIpc) is 2.39. The molecule has 1 aromatic rings. The third-order valence-corrected chi connectivity index (χ3v) is 2.94. The number of hydrogen-bond donors (Lipinski definition) is 1. The summed E-state index contributed by atoms with van der Waals surface area (Å²) in [5, 5.41) is 3.04. The van der Waals surface area contributed by atoms with E-state index < -0.39 is 0 Å². The summed E-state index contributed by atoms with van der Waals surface area (Å²) in [7, 11) is 0. The van der Waals surface area contributed by atoms with Gasteiger partial charge in [-0.05, 0) is 49.8 Å². The number of rotatable bonds is 4.